The maximum absolute atomic E-state index is 14.0. The number of nitrogens with zero attached hydrogens (tertiary/aromatic N) is 1. The number of amides is 3. The maximum Gasteiger partial charge on any atom is 0.338 e. The van der Waals surface area contributed by atoms with Crippen LogP contribution in [0.3, 0.4) is 0 Å². The minimum absolute atomic E-state index is 0.262. The van der Waals surface area contributed by atoms with Crippen LogP contribution in [0, 0.1) is 5.92 Å². The van der Waals surface area contributed by atoms with Crippen molar-refractivity contribution in [3.63, 3.8) is 0 Å². The highest BCUT2D eigenvalue weighted by atomic mass is 79.9. The van der Waals surface area contributed by atoms with Crippen molar-refractivity contribution in [3.05, 3.63) is 96.9 Å². The van der Waals surface area contributed by atoms with Gasteiger partial charge < -0.3 is 24.5 Å². The molecule has 3 atom stereocenters. The molecule has 0 spiro atoms. The Bertz CT molecular complexity index is 1910. The third-order valence-electron chi connectivity index (χ3n) is 7.57. The number of esters is 1. The molecule has 2 aliphatic rings. The molecule has 11 nitrogen and oxygen atoms in total. The molecule has 0 saturated carbocycles. The third-order valence-corrected chi connectivity index (χ3v) is 10.5. The topological polar surface area (TPSA) is 144 Å². The van der Waals surface area contributed by atoms with Crippen molar-refractivity contribution in [1.29, 1.82) is 0 Å². The van der Waals surface area contributed by atoms with E-state index in [0.29, 0.717) is 50.5 Å². The molecular formula is C33H28BrN3O8S2. The number of thiazole rings is 1. The van der Waals surface area contributed by atoms with Crippen LogP contribution in [0.15, 0.2) is 81.0 Å². The average molecular weight is 739 g/mol. The fourth-order valence-electron chi connectivity index (χ4n) is 5.57. The Morgan fingerprint density at radius 2 is 1.66 bits per heavy atom. The van der Waals surface area contributed by atoms with Gasteiger partial charge in [0.05, 0.1) is 35.4 Å². The van der Waals surface area contributed by atoms with E-state index in [1.165, 1.54) is 16.7 Å². The number of hydrogen-bond donors (Lipinski definition) is 2. The van der Waals surface area contributed by atoms with Crippen molar-refractivity contribution >= 4 is 74.1 Å². The predicted octanol–water partition coefficient (Wildman–Crippen LogP) is 5.59. The molecule has 242 valence electrons. The highest BCUT2D eigenvalue weighted by molar-refractivity contribution is 9.10. The first kappa shape index (κ1) is 32.5. The van der Waals surface area contributed by atoms with Crippen molar-refractivity contribution in [2.45, 2.75) is 30.0 Å². The summed E-state index contributed by atoms with van der Waals surface area (Å²) in [5.41, 5.74) is 1.98. The number of carbonyl (C=O) groups excluding carboxylic acids is 4. The van der Waals surface area contributed by atoms with Crippen LogP contribution < -0.4 is 24.6 Å². The van der Waals surface area contributed by atoms with Gasteiger partial charge in [0.1, 0.15) is 5.25 Å². The zero-order valence-electron chi connectivity index (χ0n) is 25.1. The summed E-state index contributed by atoms with van der Waals surface area (Å²) in [6, 6.07) is 18.4. The number of nitrogens with one attached hydrogen (secondary N) is 2. The first-order valence-corrected chi connectivity index (χ1v) is 17.2. The number of benzene rings is 3. The molecule has 2 aliphatic heterocycles. The van der Waals surface area contributed by atoms with E-state index in [4.69, 9.17) is 14.2 Å². The Balaban J connectivity index is 1.24. The number of aromatic nitrogens is 1. The molecule has 14 heteroatoms. The SMILES string of the molecule is CCOC(=O)c1ccc(NC(=O)COc2ccc([C@@H]3c4sc(=O)[nH]c4S[C@H]4C(=O)N(c5ccc(Br)cc5)C(=O)[C@@H]34)cc2OCC)cc1. The lowest BCUT2D eigenvalue weighted by atomic mass is 9.83. The molecule has 0 radical (unpaired) electrons. The number of halogens is 1. The molecule has 1 fully saturated rings. The van der Waals surface area contributed by atoms with Gasteiger partial charge in [-0.3, -0.25) is 19.2 Å². The fourth-order valence-corrected chi connectivity index (χ4v) is 8.35. The van der Waals surface area contributed by atoms with Crippen LogP contribution in [-0.2, 0) is 19.1 Å². The molecule has 1 aromatic heterocycles. The van der Waals surface area contributed by atoms with Crippen LogP contribution in [0.25, 0.3) is 0 Å². The summed E-state index contributed by atoms with van der Waals surface area (Å²) in [6.45, 7) is 3.76. The summed E-state index contributed by atoms with van der Waals surface area (Å²) in [6.07, 6.45) is 0. The molecule has 47 heavy (non-hydrogen) atoms. The molecule has 0 aliphatic carbocycles. The van der Waals surface area contributed by atoms with Gasteiger partial charge in [-0.2, -0.15) is 0 Å². The second kappa shape index (κ2) is 13.8. The standard InChI is InChI=1S/C33H28BrN3O8S2/c1-3-43-23-15-18(7-14-22(23)45-16-24(38)35-20-10-5-17(6-11-20)32(41)44-4-2)25-26-28(46-29-27(25)47-33(42)36-29)31(40)37(30(26)39)21-12-8-19(34)9-13-21/h5-15,25-26,28H,3-4,16H2,1-2H3,(H,35,38)(H,36,42)/t25-,26-,28+/m0/s1. The zero-order chi connectivity index (χ0) is 33.2. The molecule has 6 rings (SSSR count). The summed E-state index contributed by atoms with van der Waals surface area (Å²) in [4.78, 5) is 69.2. The highest BCUT2D eigenvalue weighted by Crippen LogP contribution is 2.53. The average Bonchev–Trinajstić information content (AvgIpc) is 3.55. The van der Waals surface area contributed by atoms with E-state index in [0.717, 1.165) is 15.8 Å². The molecule has 4 aromatic rings. The van der Waals surface area contributed by atoms with E-state index < -0.39 is 29.0 Å². The predicted molar refractivity (Wildman–Crippen MR) is 181 cm³/mol. The van der Waals surface area contributed by atoms with Gasteiger partial charge >= 0.3 is 10.8 Å². The van der Waals surface area contributed by atoms with Crippen molar-refractivity contribution in [3.8, 4) is 11.5 Å². The second-order valence-electron chi connectivity index (χ2n) is 10.5. The number of rotatable bonds is 10. The van der Waals surface area contributed by atoms with Crippen LogP contribution >= 0.6 is 39.0 Å². The van der Waals surface area contributed by atoms with E-state index in [2.05, 4.69) is 26.2 Å². The van der Waals surface area contributed by atoms with Gasteiger partial charge in [-0.25, -0.2) is 9.69 Å². The minimum Gasteiger partial charge on any atom is -0.490 e. The number of aromatic amines is 1. The number of imide groups is 1. The highest BCUT2D eigenvalue weighted by Gasteiger charge is 2.56. The lowest BCUT2D eigenvalue weighted by molar-refractivity contribution is -0.122. The number of hydrogen-bond acceptors (Lipinski definition) is 10. The van der Waals surface area contributed by atoms with Crippen LogP contribution in [0.5, 0.6) is 11.5 Å². The number of carbonyl (C=O) groups is 4. The Kier molecular flexibility index (Phi) is 9.52. The minimum atomic E-state index is -0.766. The lowest BCUT2D eigenvalue weighted by Crippen LogP contribution is -2.32. The third kappa shape index (κ3) is 6.58. The van der Waals surface area contributed by atoms with Crippen LogP contribution in [0.1, 0.15) is 40.6 Å². The fraction of sp³-hybridized carbons (Fsp3) is 0.242. The summed E-state index contributed by atoms with van der Waals surface area (Å²) in [5.74, 6) is -2.30. The first-order valence-electron chi connectivity index (χ1n) is 14.7. The number of fused-ring (bicyclic) bond motifs is 2. The quantitative estimate of drug-likeness (QED) is 0.157. The van der Waals surface area contributed by atoms with Gasteiger partial charge in [0, 0.05) is 21.0 Å². The van der Waals surface area contributed by atoms with E-state index in [-0.39, 0.29) is 29.9 Å². The molecule has 3 amide bonds. The summed E-state index contributed by atoms with van der Waals surface area (Å²) >= 11 is 5.61. The van der Waals surface area contributed by atoms with Crippen LogP contribution in [0.2, 0.25) is 0 Å². The van der Waals surface area contributed by atoms with Crippen molar-refractivity contribution in [2.75, 3.05) is 30.0 Å². The molecule has 0 bridgehead atoms. The smallest absolute Gasteiger partial charge is 0.338 e. The second-order valence-corrected chi connectivity index (χ2v) is 13.6. The van der Waals surface area contributed by atoms with Gasteiger partial charge in [-0.1, -0.05) is 45.1 Å². The van der Waals surface area contributed by atoms with Gasteiger partial charge in [0.25, 0.3) is 5.91 Å². The number of anilines is 2. The zero-order valence-corrected chi connectivity index (χ0v) is 28.3. The Morgan fingerprint density at radius 3 is 2.36 bits per heavy atom. The maximum atomic E-state index is 14.0. The van der Waals surface area contributed by atoms with Crippen LogP contribution in [-0.4, -0.2) is 53.7 Å². The van der Waals surface area contributed by atoms with Crippen molar-refractivity contribution < 1.29 is 33.4 Å². The molecule has 1 saturated heterocycles. The van der Waals surface area contributed by atoms with E-state index in [1.807, 2.05) is 6.92 Å². The largest absolute Gasteiger partial charge is 0.490 e. The van der Waals surface area contributed by atoms with Gasteiger partial charge in [-0.15, -0.1) is 0 Å². The Hall–Kier alpha value is -4.40. The summed E-state index contributed by atoms with van der Waals surface area (Å²) < 4.78 is 17.5. The van der Waals surface area contributed by atoms with Gasteiger partial charge in [0.15, 0.2) is 18.1 Å². The van der Waals surface area contributed by atoms with E-state index >= 15 is 0 Å². The monoisotopic (exact) mass is 737 g/mol. The van der Waals surface area contributed by atoms with E-state index in [9.17, 15) is 24.0 Å². The number of H-pyrrole nitrogens is 1. The number of ether oxygens (including phenoxy) is 3. The van der Waals surface area contributed by atoms with Crippen LogP contribution in [0.4, 0.5) is 11.4 Å². The van der Waals surface area contributed by atoms with Gasteiger partial charge in [-0.05, 0) is 80.1 Å². The van der Waals surface area contributed by atoms with Crippen molar-refractivity contribution in [2.24, 2.45) is 5.92 Å². The summed E-state index contributed by atoms with van der Waals surface area (Å²) in [5, 5.41) is 2.55. The Labute approximate surface area is 285 Å². The molecular weight excluding hydrogens is 710 g/mol. The first-order chi connectivity index (χ1) is 22.7. The molecule has 0 unspecified atom stereocenters. The van der Waals surface area contributed by atoms with Crippen molar-refractivity contribution in [1.82, 2.24) is 4.98 Å². The van der Waals surface area contributed by atoms with E-state index in [1.54, 1.807) is 73.7 Å². The molecule has 3 aromatic carbocycles. The molecule has 3 heterocycles. The van der Waals surface area contributed by atoms with Gasteiger partial charge in [0.2, 0.25) is 11.8 Å². The Morgan fingerprint density at radius 1 is 0.915 bits per heavy atom. The molecule has 2 N–H and O–H groups in total. The number of thioether (sulfide) groups is 1. The lowest BCUT2D eigenvalue weighted by Gasteiger charge is -2.30. The summed E-state index contributed by atoms with van der Waals surface area (Å²) in [7, 11) is 0. The normalized spacial score (nSPS) is 18.4.